The molecule has 7 nitrogen and oxygen atoms in total. The predicted molar refractivity (Wildman–Crippen MR) is 147 cm³/mol. The minimum atomic E-state index is -0.647. The fraction of sp³-hybridized carbons (Fsp3) is 0.548. The van der Waals surface area contributed by atoms with E-state index in [0.29, 0.717) is 37.7 Å². The molecule has 2 aromatic carbocycles. The molecule has 0 aliphatic carbocycles. The van der Waals surface area contributed by atoms with E-state index < -0.39 is 6.10 Å². The summed E-state index contributed by atoms with van der Waals surface area (Å²) in [6.45, 7) is 5.76. The molecule has 7 heteroatoms. The Balaban J connectivity index is 1.54. The first-order valence-corrected chi connectivity index (χ1v) is 14.3. The van der Waals surface area contributed by atoms with Gasteiger partial charge in [0.05, 0.1) is 12.5 Å². The largest absolute Gasteiger partial charge is 0.486 e. The minimum Gasteiger partial charge on any atom is -0.486 e. The van der Waals surface area contributed by atoms with Gasteiger partial charge in [0.1, 0.15) is 19.3 Å². The van der Waals surface area contributed by atoms with Crippen LogP contribution in [0.25, 0.3) is 0 Å². The Morgan fingerprint density at radius 2 is 1.68 bits per heavy atom. The molecule has 0 saturated carbocycles. The molecule has 2 atom stereocenters. The van der Waals surface area contributed by atoms with Crippen LogP contribution in [0.3, 0.4) is 0 Å². The number of nitrogens with one attached hydrogen (secondary N) is 1. The standard InChI is InChI=1S/C31H42N2O5/c1-2-3-4-5-9-14-29(34)32-26(23-33-17-10-11-18-33)31(38-30(35)21-24-12-7-6-8-13-24)25-15-16-27-28(22-25)37-20-19-36-27/h6-8,12-13,15-16,22,26,31H,2-5,9-11,14,17-21,23H2,1H3,(H,32,34). The molecule has 1 fully saturated rings. The van der Waals surface area contributed by atoms with Crippen molar-refractivity contribution in [3.63, 3.8) is 0 Å². The fourth-order valence-corrected chi connectivity index (χ4v) is 5.19. The van der Waals surface area contributed by atoms with Gasteiger partial charge in [-0.25, -0.2) is 0 Å². The number of carbonyl (C=O) groups excluding carboxylic acids is 2. The molecule has 1 saturated heterocycles. The van der Waals surface area contributed by atoms with Gasteiger partial charge in [-0.15, -0.1) is 0 Å². The van der Waals surface area contributed by atoms with E-state index in [0.717, 1.165) is 56.3 Å². The Morgan fingerprint density at radius 1 is 0.947 bits per heavy atom. The Kier molecular flexibility index (Phi) is 10.9. The van der Waals surface area contributed by atoms with Crippen molar-refractivity contribution in [3.8, 4) is 11.5 Å². The molecule has 0 radical (unpaired) electrons. The number of nitrogens with zero attached hydrogens (tertiary/aromatic N) is 1. The molecule has 2 aliphatic heterocycles. The van der Waals surface area contributed by atoms with E-state index in [2.05, 4.69) is 17.1 Å². The van der Waals surface area contributed by atoms with Crippen molar-refractivity contribution >= 4 is 11.9 Å². The monoisotopic (exact) mass is 522 g/mol. The highest BCUT2D eigenvalue weighted by Crippen LogP contribution is 2.35. The van der Waals surface area contributed by atoms with Crippen molar-refractivity contribution < 1.29 is 23.8 Å². The van der Waals surface area contributed by atoms with Crippen LogP contribution in [0.15, 0.2) is 48.5 Å². The van der Waals surface area contributed by atoms with E-state index in [1.165, 1.54) is 12.8 Å². The Morgan fingerprint density at radius 3 is 2.45 bits per heavy atom. The second-order valence-electron chi connectivity index (χ2n) is 10.3. The van der Waals surface area contributed by atoms with Crippen LogP contribution < -0.4 is 14.8 Å². The van der Waals surface area contributed by atoms with E-state index in [9.17, 15) is 9.59 Å². The van der Waals surface area contributed by atoms with Crippen LogP contribution in [-0.4, -0.2) is 55.7 Å². The maximum Gasteiger partial charge on any atom is 0.310 e. The van der Waals surface area contributed by atoms with Crippen molar-refractivity contribution in [3.05, 3.63) is 59.7 Å². The van der Waals surface area contributed by atoms with Gasteiger partial charge < -0.3 is 24.4 Å². The number of esters is 1. The van der Waals surface area contributed by atoms with Crippen LogP contribution in [0.2, 0.25) is 0 Å². The Labute approximate surface area is 226 Å². The number of hydrogen-bond acceptors (Lipinski definition) is 6. The molecule has 2 heterocycles. The first-order valence-electron chi connectivity index (χ1n) is 14.3. The molecule has 38 heavy (non-hydrogen) atoms. The number of unbranched alkanes of at least 4 members (excludes halogenated alkanes) is 4. The zero-order chi connectivity index (χ0) is 26.6. The first kappa shape index (κ1) is 28.0. The summed E-state index contributed by atoms with van der Waals surface area (Å²) in [7, 11) is 0. The lowest BCUT2D eigenvalue weighted by molar-refractivity contribution is -0.151. The minimum absolute atomic E-state index is 0.00680. The van der Waals surface area contributed by atoms with Crippen molar-refractivity contribution in [1.29, 1.82) is 0 Å². The smallest absolute Gasteiger partial charge is 0.310 e. The summed E-state index contributed by atoms with van der Waals surface area (Å²) in [4.78, 5) is 28.6. The average molecular weight is 523 g/mol. The Hall–Kier alpha value is -3.06. The van der Waals surface area contributed by atoms with Crippen molar-refractivity contribution in [2.75, 3.05) is 32.8 Å². The zero-order valence-corrected chi connectivity index (χ0v) is 22.7. The molecule has 2 unspecified atom stereocenters. The van der Waals surface area contributed by atoms with E-state index in [1.807, 2.05) is 48.5 Å². The van der Waals surface area contributed by atoms with Crippen molar-refractivity contribution in [1.82, 2.24) is 10.2 Å². The van der Waals surface area contributed by atoms with Gasteiger partial charge in [-0.3, -0.25) is 9.59 Å². The number of hydrogen-bond donors (Lipinski definition) is 1. The lowest BCUT2D eigenvalue weighted by Gasteiger charge is -2.32. The summed E-state index contributed by atoms with van der Waals surface area (Å²) in [6, 6.07) is 14.9. The Bertz CT molecular complexity index is 1020. The lowest BCUT2D eigenvalue weighted by Crippen LogP contribution is -2.47. The first-order chi connectivity index (χ1) is 18.6. The highest BCUT2D eigenvalue weighted by atomic mass is 16.6. The summed E-state index contributed by atoms with van der Waals surface area (Å²) in [6.07, 6.45) is 7.72. The molecule has 0 bridgehead atoms. The molecule has 1 N–H and O–H groups in total. The zero-order valence-electron chi connectivity index (χ0n) is 22.7. The molecule has 2 aromatic rings. The number of ether oxygens (including phenoxy) is 3. The topological polar surface area (TPSA) is 77.1 Å². The van der Waals surface area contributed by atoms with E-state index in [-0.39, 0.29) is 24.3 Å². The second-order valence-corrected chi connectivity index (χ2v) is 10.3. The SMILES string of the molecule is CCCCCCCC(=O)NC(CN1CCCC1)C(OC(=O)Cc1ccccc1)c1ccc2c(c1)OCCO2. The third-order valence-corrected chi connectivity index (χ3v) is 7.22. The van der Waals surface area contributed by atoms with Gasteiger partial charge in [0.15, 0.2) is 11.5 Å². The normalized spacial score (nSPS) is 16.6. The highest BCUT2D eigenvalue weighted by Gasteiger charge is 2.32. The molecular weight excluding hydrogens is 480 g/mol. The van der Waals surface area contributed by atoms with E-state index in [4.69, 9.17) is 14.2 Å². The number of benzene rings is 2. The van der Waals surface area contributed by atoms with E-state index >= 15 is 0 Å². The quantitative estimate of drug-likeness (QED) is 0.271. The van der Waals surface area contributed by atoms with Crippen LogP contribution in [0.1, 0.15) is 75.5 Å². The highest BCUT2D eigenvalue weighted by molar-refractivity contribution is 5.76. The van der Waals surface area contributed by atoms with Crippen LogP contribution in [0, 0.1) is 0 Å². The van der Waals surface area contributed by atoms with Gasteiger partial charge in [0, 0.05) is 13.0 Å². The lowest BCUT2D eigenvalue weighted by atomic mass is 9.99. The van der Waals surface area contributed by atoms with Gasteiger partial charge in [0.2, 0.25) is 5.91 Å². The summed E-state index contributed by atoms with van der Waals surface area (Å²) in [5, 5.41) is 3.25. The summed E-state index contributed by atoms with van der Waals surface area (Å²) in [5.74, 6) is 1.00. The van der Waals surface area contributed by atoms with Gasteiger partial charge in [-0.05, 0) is 55.6 Å². The summed E-state index contributed by atoms with van der Waals surface area (Å²) < 4.78 is 17.7. The van der Waals surface area contributed by atoms with Gasteiger partial charge >= 0.3 is 5.97 Å². The molecule has 0 spiro atoms. The van der Waals surface area contributed by atoms with Crippen molar-refractivity contribution in [2.45, 2.75) is 76.9 Å². The van der Waals surface area contributed by atoms with Gasteiger partial charge in [0.25, 0.3) is 0 Å². The van der Waals surface area contributed by atoms with Crippen LogP contribution in [0.4, 0.5) is 0 Å². The van der Waals surface area contributed by atoms with Gasteiger partial charge in [-0.1, -0.05) is 69.0 Å². The van der Waals surface area contributed by atoms with Crippen molar-refractivity contribution in [2.24, 2.45) is 0 Å². The average Bonchev–Trinajstić information content (AvgIpc) is 3.45. The number of rotatable bonds is 14. The number of likely N-dealkylation sites (tertiary alicyclic amines) is 1. The number of amides is 1. The van der Waals surface area contributed by atoms with Crippen LogP contribution >= 0.6 is 0 Å². The predicted octanol–water partition coefficient (Wildman–Crippen LogP) is 5.23. The maximum absolute atomic E-state index is 13.2. The summed E-state index contributed by atoms with van der Waals surface area (Å²) >= 11 is 0. The van der Waals surface area contributed by atoms with Crippen LogP contribution in [0.5, 0.6) is 11.5 Å². The molecule has 206 valence electrons. The second kappa shape index (κ2) is 14.8. The van der Waals surface area contributed by atoms with Crippen LogP contribution in [-0.2, 0) is 20.7 Å². The fourth-order valence-electron chi connectivity index (χ4n) is 5.19. The van der Waals surface area contributed by atoms with Gasteiger partial charge in [-0.2, -0.15) is 0 Å². The third-order valence-electron chi connectivity index (χ3n) is 7.22. The van der Waals surface area contributed by atoms with E-state index in [1.54, 1.807) is 0 Å². The molecule has 0 aromatic heterocycles. The molecular formula is C31H42N2O5. The summed E-state index contributed by atoms with van der Waals surface area (Å²) in [5.41, 5.74) is 1.69. The molecule has 4 rings (SSSR count). The third kappa shape index (κ3) is 8.48. The number of fused-ring (bicyclic) bond motifs is 1. The number of carbonyl (C=O) groups is 2. The molecule has 1 amide bonds. The molecule has 2 aliphatic rings. The maximum atomic E-state index is 13.2.